The first kappa shape index (κ1) is 31.5. The summed E-state index contributed by atoms with van der Waals surface area (Å²) in [5.74, 6) is -6.39. The van der Waals surface area contributed by atoms with Crippen molar-refractivity contribution in [2.75, 3.05) is 0 Å². The number of alkyl halides is 2. The minimum atomic E-state index is -4.53. The zero-order chi connectivity index (χ0) is 31.4. The van der Waals surface area contributed by atoms with Crippen LogP contribution in [0.5, 0.6) is 5.75 Å². The van der Waals surface area contributed by atoms with Crippen molar-refractivity contribution in [1.82, 2.24) is 9.97 Å². The van der Waals surface area contributed by atoms with Crippen LogP contribution < -0.4 is 4.74 Å². The van der Waals surface area contributed by atoms with E-state index in [-0.39, 0.29) is 22.5 Å². The molecule has 1 aromatic heterocycles. The average Bonchev–Trinajstić information content (AvgIpc) is 2.98. The van der Waals surface area contributed by atoms with Gasteiger partial charge in [0.2, 0.25) is 0 Å². The summed E-state index contributed by atoms with van der Waals surface area (Å²) >= 11 is 0. The van der Waals surface area contributed by atoms with E-state index in [0.29, 0.717) is 24.1 Å². The van der Waals surface area contributed by atoms with Gasteiger partial charge in [-0.1, -0.05) is 38.7 Å². The molecule has 0 saturated heterocycles. The number of unbranched alkanes of at least 4 members (excludes halogenated alkanes) is 2. The van der Waals surface area contributed by atoms with Gasteiger partial charge in [0, 0.05) is 29.6 Å². The number of halogens is 7. The van der Waals surface area contributed by atoms with Gasteiger partial charge in [0.25, 0.3) is 0 Å². The van der Waals surface area contributed by atoms with E-state index in [0.717, 1.165) is 67.5 Å². The minimum Gasteiger partial charge on any atom is -0.429 e. The molecule has 1 aliphatic carbocycles. The molecule has 4 aromatic rings. The maximum absolute atomic E-state index is 15.0. The Bertz CT molecular complexity index is 1580. The SMILES string of the molecule is CCCCCC1CCC(c2cnc(-c3cc(F)c(C(F)(F)Oc4ccc(-c5ccc(F)c(F)c5)c(F)c4)c(F)c3)nc2)CC1. The summed E-state index contributed by atoms with van der Waals surface area (Å²) in [4.78, 5) is 8.50. The summed E-state index contributed by atoms with van der Waals surface area (Å²) in [6.07, 6.45) is 7.96. The molecule has 232 valence electrons. The van der Waals surface area contributed by atoms with Gasteiger partial charge in [-0.3, -0.25) is 0 Å². The Kier molecular flexibility index (Phi) is 9.56. The molecule has 3 aromatic carbocycles. The molecule has 0 atom stereocenters. The lowest BCUT2D eigenvalue weighted by Crippen LogP contribution is -2.25. The number of benzene rings is 3. The fourth-order valence-corrected chi connectivity index (χ4v) is 5.80. The second-order valence-corrected chi connectivity index (χ2v) is 11.3. The molecular weight excluding hydrogens is 585 g/mol. The number of aromatic nitrogens is 2. The second kappa shape index (κ2) is 13.4. The minimum absolute atomic E-state index is 0.0227. The Labute approximate surface area is 251 Å². The van der Waals surface area contributed by atoms with Gasteiger partial charge in [-0.2, -0.15) is 8.78 Å². The summed E-state index contributed by atoms with van der Waals surface area (Å²) < 4.78 is 106. The van der Waals surface area contributed by atoms with E-state index >= 15 is 0 Å². The van der Waals surface area contributed by atoms with Gasteiger partial charge in [0.05, 0.1) is 0 Å². The molecule has 0 bridgehead atoms. The van der Waals surface area contributed by atoms with E-state index in [9.17, 15) is 30.7 Å². The van der Waals surface area contributed by atoms with Crippen molar-refractivity contribution in [3.8, 4) is 28.3 Å². The molecule has 1 fully saturated rings. The van der Waals surface area contributed by atoms with Crippen LogP contribution in [0.2, 0.25) is 0 Å². The molecule has 5 rings (SSSR count). The third-order valence-corrected chi connectivity index (χ3v) is 8.21. The normalized spacial score (nSPS) is 17.1. The first-order chi connectivity index (χ1) is 21.1. The molecule has 0 amide bonds. The van der Waals surface area contributed by atoms with Crippen molar-refractivity contribution in [3.63, 3.8) is 0 Å². The highest BCUT2D eigenvalue weighted by Gasteiger charge is 2.41. The first-order valence-corrected chi connectivity index (χ1v) is 14.7. The number of hydrogen-bond acceptors (Lipinski definition) is 3. The second-order valence-electron chi connectivity index (χ2n) is 11.3. The standard InChI is InChI=1S/C34H31F7N2O/c1-2-3-4-5-20-6-8-21(9-7-20)24-18-42-33(43-19-24)23-15-30(38)32(31(39)16-23)34(40,41)44-25-11-12-26(28(36)17-25)22-10-13-27(35)29(37)14-22/h10-21H,2-9H2,1H3. The van der Waals surface area contributed by atoms with Gasteiger partial charge < -0.3 is 4.74 Å². The van der Waals surface area contributed by atoms with Crippen LogP contribution in [0.1, 0.15) is 75.3 Å². The number of hydrogen-bond donors (Lipinski definition) is 0. The Balaban J connectivity index is 1.28. The Morgan fingerprint density at radius 1 is 0.727 bits per heavy atom. The van der Waals surface area contributed by atoms with Crippen molar-refractivity contribution in [2.24, 2.45) is 5.92 Å². The fourth-order valence-electron chi connectivity index (χ4n) is 5.80. The van der Waals surface area contributed by atoms with Crippen LogP contribution in [0.4, 0.5) is 30.7 Å². The molecule has 0 aliphatic heterocycles. The van der Waals surface area contributed by atoms with Gasteiger partial charge in [0.15, 0.2) is 17.5 Å². The predicted octanol–water partition coefficient (Wildman–Crippen LogP) is 10.5. The molecule has 1 heterocycles. The lowest BCUT2D eigenvalue weighted by Gasteiger charge is -2.28. The molecule has 1 aliphatic rings. The largest absolute Gasteiger partial charge is 0.432 e. The summed E-state index contributed by atoms with van der Waals surface area (Å²) in [6.45, 7) is 2.19. The van der Waals surface area contributed by atoms with Crippen LogP contribution in [-0.2, 0) is 6.11 Å². The molecule has 0 spiro atoms. The van der Waals surface area contributed by atoms with Crippen molar-refractivity contribution in [2.45, 2.75) is 70.3 Å². The quantitative estimate of drug-likeness (QED) is 0.131. The van der Waals surface area contributed by atoms with E-state index < -0.39 is 46.5 Å². The van der Waals surface area contributed by atoms with Crippen LogP contribution in [0.25, 0.3) is 22.5 Å². The van der Waals surface area contributed by atoms with E-state index in [2.05, 4.69) is 21.6 Å². The van der Waals surface area contributed by atoms with E-state index in [4.69, 9.17) is 0 Å². The summed E-state index contributed by atoms with van der Waals surface area (Å²) in [5.41, 5.74) is -1.14. The van der Waals surface area contributed by atoms with Crippen LogP contribution in [0.15, 0.2) is 60.9 Å². The molecule has 10 heteroatoms. The zero-order valence-electron chi connectivity index (χ0n) is 24.0. The van der Waals surface area contributed by atoms with E-state index in [1.807, 2.05) is 0 Å². The summed E-state index contributed by atoms with van der Waals surface area (Å²) in [7, 11) is 0. The van der Waals surface area contributed by atoms with E-state index in [1.165, 1.54) is 25.7 Å². The molecule has 44 heavy (non-hydrogen) atoms. The fraction of sp³-hybridized carbons (Fsp3) is 0.353. The average molecular weight is 617 g/mol. The van der Waals surface area contributed by atoms with Gasteiger partial charge >= 0.3 is 6.11 Å². The van der Waals surface area contributed by atoms with Gasteiger partial charge in [-0.25, -0.2) is 31.9 Å². The lowest BCUT2D eigenvalue weighted by atomic mass is 9.77. The van der Waals surface area contributed by atoms with Crippen molar-refractivity contribution in [1.29, 1.82) is 0 Å². The third-order valence-electron chi connectivity index (χ3n) is 8.21. The van der Waals surface area contributed by atoms with Crippen molar-refractivity contribution < 1.29 is 35.5 Å². The van der Waals surface area contributed by atoms with Crippen molar-refractivity contribution >= 4 is 0 Å². The van der Waals surface area contributed by atoms with Crippen LogP contribution in [-0.4, -0.2) is 9.97 Å². The highest BCUT2D eigenvalue weighted by molar-refractivity contribution is 5.65. The highest BCUT2D eigenvalue weighted by Crippen LogP contribution is 2.39. The summed E-state index contributed by atoms with van der Waals surface area (Å²) in [6, 6.07) is 6.51. The van der Waals surface area contributed by atoms with Gasteiger partial charge in [-0.05, 0) is 85.0 Å². The summed E-state index contributed by atoms with van der Waals surface area (Å²) in [5, 5.41) is 0. The Hall–Kier alpha value is -3.95. The Morgan fingerprint density at radius 2 is 1.39 bits per heavy atom. The number of rotatable bonds is 10. The molecule has 0 radical (unpaired) electrons. The van der Waals surface area contributed by atoms with E-state index in [1.54, 1.807) is 12.4 Å². The maximum atomic E-state index is 15.0. The van der Waals surface area contributed by atoms with Gasteiger partial charge in [0.1, 0.15) is 28.8 Å². The maximum Gasteiger partial charge on any atom is 0.432 e. The topological polar surface area (TPSA) is 35.0 Å². The molecule has 1 saturated carbocycles. The number of ether oxygens (including phenoxy) is 1. The molecule has 3 nitrogen and oxygen atoms in total. The lowest BCUT2D eigenvalue weighted by molar-refractivity contribution is -0.189. The first-order valence-electron chi connectivity index (χ1n) is 14.7. The highest BCUT2D eigenvalue weighted by atomic mass is 19.3. The number of nitrogens with zero attached hydrogens (tertiary/aromatic N) is 2. The predicted molar refractivity (Wildman–Crippen MR) is 152 cm³/mol. The van der Waals surface area contributed by atoms with Crippen LogP contribution in [0.3, 0.4) is 0 Å². The molecule has 0 N–H and O–H groups in total. The smallest absolute Gasteiger partial charge is 0.429 e. The van der Waals surface area contributed by atoms with Gasteiger partial charge in [-0.15, -0.1) is 0 Å². The molecular formula is C34H31F7N2O. The zero-order valence-corrected chi connectivity index (χ0v) is 24.0. The van der Waals surface area contributed by atoms with Crippen LogP contribution in [0, 0.1) is 35.0 Å². The third kappa shape index (κ3) is 7.05. The monoisotopic (exact) mass is 616 g/mol. The van der Waals surface area contributed by atoms with Crippen molar-refractivity contribution in [3.05, 3.63) is 101 Å². The Morgan fingerprint density at radius 3 is 2.00 bits per heavy atom. The van der Waals surface area contributed by atoms with Crippen LogP contribution >= 0.6 is 0 Å². The molecule has 0 unspecified atom stereocenters.